The summed E-state index contributed by atoms with van der Waals surface area (Å²) >= 11 is -1.35. The van der Waals surface area contributed by atoms with Crippen molar-refractivity contribution in [3.63, 3.8) is 0 Å². The summed E-state index contributed by atoms with van der Waals surface area (Å²) in [5.41, 5.74) is 3.32. The van der Waals surface area contributed by atoms with Gasteiger partial charge in [0.2, 0.25) is 0 Å². The van der Waals surface area contributed by atoms with Crippen LogP contribution in [-0.2, 0) is 11.2 Å². The number of hydrogen-bond donors (Lipinski definition) is 1. The largest absolute Gasteiger partial charge is 0.612 e. The molecular weight excluding hydrogens is 404 g/mol. The number of nitrogens with zero attached hydrogens (tertiary/aromatic N) is 1. The third-order valence-electron chi connectivity index (χ3n) is 4.72. The highest BCUT2D eigenvalue weighted by molar-refractivity contribution is 7.90. The van der Waals surface area contributed by atoms with Crippen LogP contribution >= 0.6 is 0 Å². The molecule has 0 fully saturated rings. The number of ether oxygens (including phenoxy) is 2. The van der Waals surface area contributed by atoms with Crippen molar-refractivity contribution >= 4 is 23.0 Å². The van der Waals surface area contributed by atoms with Crippen LogP contribution in [0.25, 0.3) is 0 Å². The van der Waals surface area contributed by atoms with Crippen LogP contribution in [-0.4, -0.2) is 46.4 Å². The van der Waals surface area contributed by atoms with Gasteiger partial charge in [-0.1, -0.05) is 12.1 Å². The molecule has 0 spiro atoms. The first-order valence-corrected chi connectivity index (χ1v) is 11.1. The summed E-state index contributed by atoms with van der Waals surface area (Å²) in [6.45, 7) is 8.09. The van der Waals surface area contributed by atoms with Gasteiger partial charge in [-0.15, -0.1) is 0 Å². The van der Waals surface area contributed by atoms with Crippen molar-refractivity contribution in [2.75, 3.05) is 19.5 Å². The van der Waals surface area contributed by atoms with Crippen LogP contribution in [0.3, 0.4) is 0 Å². The summed E-state index contributed by atoms with van der Waals surface area (Å²) in [5.74, 6) is 0.257. The fourth-order valence-corrected chi connectivity index (χ4v) is 3.94. The number of nitrogens with one attached hydrogen (secondary N) is 1. The van der Waals surface area contributed by atoms with Gasteiger partial charge in [-0.05, 0) is 63.1 Å². The zero-order valence-electron chi connectivity index (χ0n) is 17.8. The monoisotopic (exact) mass is 430 g/mol. The minimum Gasteiger partial charge on any atom is -0.612 e. The molecule has 1 aliphatic rings. The summed E-state index contributed by atoms with van der Waals surface area (Å²) in [5, 5.41) is 1.28. The maximum atomic E-state index is 13.3. The minimum absolute atomic E-state index is 0.285. The Hall–Kier alpha value is -2.71. The Morgan fingerprint density at radius 3 is 2.40 bits per heavy atom. The molecule has 7 nitrogen and oxygen atoms in total. The second-order valence-corrected chi connectivity index (χ2v) is 9.31. The Morgan fingerprint density at radius 2 is 1.73 bits per heavy atom. The van der Waals surface area contributed by atoms with Crippen LogP contribution in [0.5, 0.6) is 11.5 Å². The van der Waals surface area contributed by atoms with Crippen LogP contribution in [0.2, 0.25) is 0 Å². The lowest BCUT2D eigenvalue weighted by atomic mass is 10.0. The Bertz CT molecular complexity index is 968. The Balaban J connectivity index is 1.93. The molecule has 0 saturated heterocycles. The summed E-state index contributed by atoms with van der Waals surface area (Å²) in [4.78, 5) is 26.9. The van der Waals surface area contributed by atoms with Crippen molar-refractivity contribution in [2.45, 2.75) is 38.1 Å². The number of benzene rings is 2. The SMILES string of the molecule is Cc1c(C(=O)NN(C(=O)c2ccccc2[S+](C)[O-])C(C)(C)C)ccc2c1OCCO2. The molecule has 3 rings (SSSR count). The van der Waals surface area contributed by atoms with Crippen LogP contribution in [0, 0.1) is 6.92 Å². The second kappa shape index (κ2) is 8.57. The molecular formula is C22H26N2O5S. The van der Waals surface area contributed by atoms with E-state index in [1.807, 2.05) is 20.8 Å². The third kappa shape index (κ3) is 4.39. The molecule has 2 aromatic rings. The number of fused-ring (bicyclic) bond motifs is 1. The third-order valence-corrected chi connectivity index (χ3v) is 5.69. The zero-order chi connectivity index (χ0) is 22.1. The van der Waals surface area contributed by atoms with Gasteiger partial charge in [0.05, 0.1) is 11.1 Å². The van der Waals surface area contributed by atoms with E-state index in [1.165, 1.54) is 11.3 Å². The Labute approximate surface area is 179 Å². The number of rotatable bonds is 3. The van der Waals surface area contributed by atoms with Gasteiger partial charge in [-0.25, -0.2) is 5.01 Å². The first-order chi connectivity index (χ1) is 14.1. The zero-order valence-corrected chi connectivity index (χ0v) is 18.6. The lowest BCUT2D eigenvalue weighted by molar-refractivity contribution is 0.0355. The van der Waals surface area contributed by atoms with Crippen molar-refractivity contribution in [3.8, 4) is 11.5 Å². The van der Waals surface area contributed by atoms with Crippen LogP contribution < -0.4 is 14.9 Å². The number of hydrogen-bond acceptors (Lipinski definition) is 5. The summed E-state index contributed by atoms with van der Waals surface area (Å²) in [7, 11) is 0. The van der Waals surface area contributed by atoms with Crippen LogP contribution in [0.1, 0.15) is 47.1 Å². The van der Waals surface area contributed by atoms with Gasteiger partial charge in [-0.3, -0.25) is 15.0 Å². The van der Waals surface area contributed by atoms with E-state index in [9.17, 15) is 14.1 Å². The van der Waals surface area contributed by atoms with Gasteiger partial charge in [-0.2, -0.15) is 0 Å². The highest BCUT2D eigenvalue weighted by Gasteiger charge is 2.33. The smallest absolute Gasteiger partial charge is 0.277 e. The van der Waals surface area contributed by atoms with Crippen LogP contribution in [0.15, 0.2) is 41.3 Å². The standard InChI is InChI=1S/C22H26N2O5S/c1-14-15(10-11-17-19(14)29-13-12-28-17)20(25)23-24(22(2,3)4)21(26)16-8-6-7-9-18(16)30(5)27/h6-11H,12-13H2,1-5H3,(H,23,25). The second-order valence-electron chi connectivity index (χ2n) is 7.96. The predicted octanol–water partition coefficient (Wildman–Crippen LogP) is 3.09. The molecule has 0 aliphatic carbocycles. The van der Waals surface area contributed by atoms with Gasteiger partial charge in [0, 0.05) is 11.1 Å². The number of amides is 2. The topological polar surface area (TPSA) is 90.9 Å². The molecule has 0 saturated carbocycles. The van der Waals surface area contributed by atoms with Crippen molar-refractivity contribution in [1.29, 1.82) is 0 Å². The van der Waals surface area contributed by atoms with E-state index in [1.54, 1.807) is 43.3 Å². The number of carbonyl (C=O) groups excluding carboxylic acids is 2. The average Bonchev–Trinajstić information content (AvgIpc) is 2.71. The highest BCUT2D eigenvalue weighted by atomic mass is 32.2. The first-order valence-electron chi connectivity index (χ1n) is 9.58. The maximum Gasteiger partial charge on any atom is 0.277 e. The summed E-state index contributed by atoms with van der Waals surface area (Å²) in [6.07, 6.45) is 1.52. The van der Waals surface area contributed by atoms with E-state index in [-0.39, 0.29) is 5.56 Å². The fourth-order valence-electron chi connectivity index (χ4n) is 3.20. The van der Waals surface area contributed by atoms with Crippen molar-refractivity contribution < 1.29 is 23.6 Å². The molecule has 0 aromatic heterocycles. The normalized spacial score (nSPS) is 14.1. The molecule has 0 radical (unpaired) electrons. The molecule has 30 heavy (non-hydrogen) atoms. The molecule has 1 atom stereocenters. The van der Waals surface area contributed by atoms with Crippen molar-refractivity contribution in [2.24, 2.45) is 0 Å². The quantitative estimate of drug-likeness (QED) is 0.597. The molecule has 1 heterocycles. The average molecular weight is 431 g/mol. The Morgan fingerprint density at radius 1 is 1.07 bits per heavy atom. The van der Waals surface area contributed by atoms with E-state index in [0.717, 1.165) is 0 Å². The number of carbonyl (C=O) groups is 2. The van der Waals surface area contributed by atoms with E-state index < -0.39 is 28.5 Å². The maximum absolute atomic E-state index is 13.3. The van der Waals surface area contributed by atoms with Gasteiger partial charge >= 0.3 is 0 Å². The van der Waals surface area contributed by atoms with E-state index >= 15 is 0 Å². The highest BCUT2D eigenvalue weighted by Crippen LogP contribution is 2.35. The van der Waals surface area contributed by atoms with E-state index in [2.05, 4.69) is 5.43 Å². The van der Waals surface area contributed by atoms with Crippen molar-refractivity contribution in [3.05, 3.63) is 53.1 Å². The summed E-state index contributed by atoms with van der Waals surface area (Å²) < 4.78 is 23.3. The molecule has 2 aromatic carbocycles. The van der Waals surface area contributed by atoms with Gasteiger partial charge in [0.1, 0.15) is 19.5 Å². The Kier molecular flexibility index (Phi) is 6.28. The lowest BCUT2D eigenvalue weighted by Gasteiger charge is -2.36. The van der Waals surface area contributed by atoms with E-state index in [0.29, 0.717) is 40.7 Å². The fraction of sp³-hybridized carbons (Fsp3) is 0.364. The molecule has 1 N–H and O–H groups in total. The predicted molar refractivity (Wildman–Crippen MR) is 114 cm³/mol. The van der Waals surface area contributed by atoms with Crippen LogP contribution in [0.4, 0.5) is 0 Å². The first kappa shape index (κ1) is 22.0. The molecule has 160 valence electrons. The van der Waals surface area contributed by atoms with Crippen molar-refractivity contribution in [1.82, 2.24) is 10.4 Å². The van der Waals surface area contributed by atoms with E-state index in [4.69, 9.17) is 9.47 Å². The lowest BCUT2D eigenvalue weighted by Crippen LogP contribution is -2.56. The number of hydrazine groups is 1. The van der Waals surface area contributed by atoms with Gasteiger partial charge in [0.15, 0.2) is 16.4 Å². The molecule has 0 bridgehead atoms. The van der Waals surface area contributed by atoms with Gasteiger partial charge in [0.25, 0.3) is 11.8 Å². The molecule has 1 unspecified atom stereocenters. The minimum atomic E-state index is -1.35. The summed E-state index contributed by atoms with van der Waals surface area (Å²) in [6, 6.07) is 10.0. The van der Waals surface area contributed by atoms with Gasteiger partial charge < -0.3 is 14.0 Å². The molecule has 1 aliphatic heterocycles. The molecule has 8 heteroatoms. The molecule has 2 amide bonds.